The summed E-state index contributed by atoms with van der Waals surface area (Å²) in [5.74, 6) is -0.472. The molecule has 0 amide bonds. The van der Waals surface area contributed by atoms with Crippen molar-refractivity contribution in [2.45, 2.75) is 31.7 Å². The Bertz CT molecular complexity index is 398. The molecule has 1 aliphatic carbocycles. The first-order chi connectivity index (χ1) is 8.90. The van der Waals surface area contributed by atoms with Crippen LogP contribution in [0.2, 0.25) is 0 Å². The summed E-state index contributed by atoms with van der Waals surface area (Å²) in [5, 5.41) is 9.17. The molecule has 112 valence electrons. The van der Waals surface area contributed by atoms with Crippen LogP contribution in [-0.4, -0.2) is 57.1 Å². The van der Waals surface area contributed by atoms with Gasteiger partial charge in [0, 0.05) is 26.2 Å². The monoisotopic (exact) mass is 294 g/mol. The summed E-state index contributed by atoms with van der Waals surface area (Å²) in [6.07, 6.45) is 2.48. The summed E-state index contributed by atoms with van der Waals surface area (Å²) in [6.45, 7) is 0.0532. The lowest BCUT2D eigenvalue weighted by atomic mass is 10.1. The van der Waals surface area contributed by atoms with Crippen LogP contribution in [0.5, 0.6) is 0 Å². The third-order valence-corrected chi connectivity index (χ3v) is 5.07. The van der Waals surface area contributed by atoms with E-state index in [0.717, 1.165) is 23.6 Å². The van der Waals surface area contributed by atoms with Crippen molar-refractivity contribution in [3.05, 3.63) is 0 Å². The molecule has 2 atom stereocenters. The summed E-state index contributed by atoms with van der Waals surface area (Å²) in [5.41, 5.74) is 0. The molecule has 19 heavy (non-hydrogen) atoms. The van der Waals surface area contributed by atoms with Crippen LogP contribution in [0.1, 0.15) is 25.7 Å². The van der Waals surface area contributed by atoms with E-state index in [1.165, 1.54) is 14.2 Å². The van der Waals surface area contributed by atoms with E-state index >= 15 is 0 Å². The second-order valence-electron chi connectivity index (χ2n) is 4.75. The highest BCUT2D eigenvalue weighted by molar-refractivity contribution is 7.87. The Hall–Kier alpha value is -0.700. The molecule has 0 aliphatic heterocycles. The summed E-state index contributed by atoms with van der Waals surface area (Å²) >= 11 is 0. The minimum atomic E-state index is -3.63. The van der Waals surface area contributed by atoms with Gasteiger partial charge < -0.3 is 9.84 Å². The average Bonchev–Trinajstić information content (AvgIpc) is 2.81. The molecule has 1 fully saturated rings. The van der Waals surface area contributed by atoms with Crippen LogP contribution >= 0.6 is 0 Å². The van der Waals surface area contributed by atoms with Crippen molar-refractivity contribution in [2.24, 2.45) is 5.92 Å². The third kappa shape index (κ3) is 4.72. The van der Waals surface area contributed by atoms with Gasteiger partial charge in [-0.25, -0.2) is 0 Å². The molecule has 0 saturated heterocycles. The first-order valence-electron chi connectivity index (χ1n) is 6.32. The van der Waals surface area contributed by atoms with Gasteiger partial charge in [-0.2, -0.15) is 17.4 Å². The maximum Gasteiger partial charge on any atom is 0.306 e. The van der Waals surface area contributed by atoms with E-state index in [9.17, 15) is 18.3 Å². The maximum atomic E-state index is 12.0. The van der Waals surface area contributed by atoms with Gasteiger partial charge in [-0.3, -0.25) is 4.79 Å². The molecule has 0 radical (unpaired) electrons. The summed E-state index contributed by atoms with van der Waals surface area (Å²) < 4.78 is 32.2. The van der Waals surface area contributed by atoms with Gasteiger partial charge in [-0.1, -0.05) is 6.42 Å². The van der Waals surface area contributed by atoms with Crippen molar-refractivity contribution in [3.63, 3.8) is 0 Å². The van der Waals surface area contributed by atoms with E-state index in [-0.39, 0.29) is 31.5 Å². The fourth-order valence-corrected chi connectivity index (χ4v) is 3.37. The molecule has 1 rings (SSSR count). The topological polar surface area (TPSA) is 95.9 Å². The molecule has 0 aromatic heterocycles. The molecule has 0 heterocycles. The van der Waals surface area contributed by atoms with Crippen LogP contribution in [0.3, 0.4) is 0 Å². The van der Waals surface area contributed by atoms with Gasteiger partial charge >= 0.3 is 5.97 Å². The first kappa shape index (κ1) is 16.4. The normalized spacial score (nSPS) is 23.8. The highest BCUT2D eigenvalue weighted by atomic mass is 32.2. The number of carbonyl (C=O) groups is 1. The smallest absolute Gasteiger partial charge is 0.306 e. The number of aliphatic hydroxyl groups excluding tert-OH is 1. The molecule has 0 spiro atoms. The van der Waals surface area contributed by atoms with Crippen LogP contribution in [0, 0.1) is 5.92 Å². The van der Waals surface area contributed by atoms with Crippen LogP contribution in [0.15, 0.2) is 0 Å². The standard InChI is InChI=1S/C11H22N2O5S/c1-13(7-6-11(15)18-2)19(16,17)12-10-5-3-4-9(10)8-14/h9-10,12,14H,3-8H2,1-2H3. The second-order valence-corrected chi connectivity index (χ2v) is 6.56. The van der Waals surface area contributed by atoms with Gasteiger partial charge in [-0.15, -0.1) is 0 Å². The Morgan fingerprint density at radius 2 is 2.16 bits per heavy atom. The number of carbonyl (C=O) groups excluding carboxylic acids is 1. The lowest BCUT2D eigenvalue weighted by Gasteiger charge is -2.23. The number of esters is 1. The Balaban J connectivity index is 2.52. The van der Waals surface area contributed by atoms with Gasteiger partial charge in [0.2, 0.25) is 0 Å². The van der Waals surface area contributed by atoms with Crippen molar-refractivity contribution in [2.75, 3.05) is 27.3 Å². The molecular formula is C11H22N2O5S. The van der Waals surface area contributed by atoms with E-state index in [2.05, 4.69) is 9.46 Å². The number of hydrogen-bond acceptors (Lipinski definition) is 5. The van der Waals surface area contributed by atoms with Crippen LogP contribution in [-0.2, 0) is 19.7 Å². The molecule has 1 saturated carbocycles. The number of ether oxygens (including phenoxy) is 1. The lowest BCUT2D eigenvalue weighted by Crippen LogP contribution is -2.46. The van der Waals surface area contributed by atoms with Crippen molar-refractivity contribution in [1.82, 2.24) is 9.03 Å². The molecule has 0 aromatic carbocycles. The largest absolute Gasteiger partial charge is 0.469 e. The van der Waals surface area contributed by atoms with Gasteiger partial charge in [0.25, 0.3) is 10.2 Å². The predicted octanol–water partition coefficient (Wildman–Crippen LogP) is -0.523. The molecular weight excluding hydrogens is 272 g/mol. The highest BCUT2D eigenvalue weighted by Gasteiger charge is 2.31. The van der Waals surface area contributed by atoms with E-state index in [4.69, 9.17) is 0 Å². The number of methoxy groups -OCH3 is 1. The van der Waals surface area contributed by atoms with E-state index in [0.29, 0.717) is 0 Å². The van der Waals surface area contributed by atoms with Crippen molar-refractivity contribution < 1.29 is 23.1 Å². The Labute approximate surface area is 114 Å². The maximum absolute atomic E-state index is 12.0. The van der Waals surface area contributed by atoms with Crippen LogP contribution in [0.25, 0.3) is 0 Å². The minimum Gasteiger partial charge on any atom is -0.469 e. The molecule has 2 unspecified atom stereocenters. The highest BCUT2D eigenvalue weighted by Crippen LogP contribution is 2.25. The van der Waals surface area contributed by atoms with Crippen LogP contribution < -0.4 is 4.72 Å². The summed E-state index contributed by atoms with van der Waals surface area (Å²) in [7, 11) is -0.952. The predicted molar refractivity (Wildman–Crippen MR) is 69.5 cm³/mol. The molecule has 0 bridgehead atoms. The summed E-state index contributed by atoms with van der Waals surface area (Å²) in [4.78, 5) is 11.0. The zero-order valence-corrected chi connectivity index (χ0v) is 12.1. The second kappa shape index (κ2) is 7.18. The molecule has 0 aromatic rings. The lowest BCUT2D eigenvalue weighted by molar-refractivity contribution is -0.140. The fourth-order valence-electron chi connectivity index (χ4n) is 2.16. The third-order valence-electron chi connectivity index (χ3n) is 3.46. The quantitative estimate of drug-likeness (QED) is 0.616. The van der Waals surface area contributed by atoms with Gasteiger partial charge in [0.05, 0.1) is 13.5 Å². The Kier molecular flexibility index (Phi) is 6.18. The average molecular weight is 294 g/mol. The molecule has 2 N–H and O–H groups in total. The number of aliphatic hydroxyl groups is 1. The van der Waals surface area contributed by atoms with Crippen molar-refractivity contribution in [1.29, 1.82) is 0 Å². The van der Waals surface area contributed by atoms with Crippen molar-refractivity contribution >= 4 is 16.2 Å². The van der Waals surface area contributed by atoms with E-state index in [1.807, 2.05) is 0 Å². The van der Waals surface area contributed by atoms with Gasteiger partial charge in [0.1, 0.15) is 0 Å². The minimum absolute atomic E-state index is 0.0148. The Morgan fingerprint density at radius 3 is 2.74 bits per heavy atom. The van der Waals surface area contributed by atoms with Gasteiger partial charge in [0.15, 0.2) is 0 Å². The number of rotatable bonds is 7. The van der Waals surface area contributed by atoms with E-state index < -0.39 is 16.2 Å². The zero-order chi connectivity index (χ0) is 14.5. The number of nitrogens with zero attached hydrogens (tertiary/aromatic N) is 1. The van der Waals surface area contributed by atoms with E-state index in [1.54, 1.807) is 0 Å². The van der Waals surface area contributed by atoms with Crippen molar-refractivity contribution in [3.8, 4) is 0 Å². The first-order valence-corrected chi connectivity index (χ1v) is 7.76. The fraction of sp³-hybridized carbons (Fsp3) is 0.909. The Morgan fingerprint density at radius 1 is 1.47 bits per heavy atom. The molecule has 1 aliphatic rings. The molecule has 7 nitrogen and oxygen atoms in total. The summed E-state index contributed by atoms with van der Waals surface area (Å²) in [6, 6.07) is -0.226. The van der Waals surface area contributed by atoms with Crippen LogP contribution in [0.4, 0.5) is 0 Å². The SMILES string of the molecule is COC(=O)CCN(C)S(=O)(=O)NC1CCCC1CO. The zero-order valence-electron chi connectivity index (χ0n) is 11.3. The number of nitrogens with one attached hydrogen (secondary N) is 1. The van der Waals surface area contributed by atoms with Gasteiger partial charge in [-0.05, 0) is 18.8 Å². The molecule has 8 heteroatoms. The number of hydrogen-bond donors (Lipinski definition) is 2.